The molecule has 0 aromatic heterocycles. The van der Waals surface area contributed by atoms with Gasteiger partial charge in [-0.25, -0.2) is 0 Å². The second kappa shape index (κ2) is 5.60. The topological polar surface area (TPSA) is 40.5 Å². The average molecular weight is 281 g/mol. The first-order chi connectivity index (χ1) is 10.1. The Hall–Kier alpha value is -2.29. The highest BCUT2D eigenvalue weighted by molar-refractivity contribution is 5.94. The van der Waals surface area contributed by atoms with Crippen molar-refractivity contribution in [3.05, 3.63) is 64.7 Å². The van der Waals surface area contributed by atoms with Crippen LogP contribution >= 0.6 is 0 Å². The SMILES string of the molecule is Cc1ccc(C(=O)N2CCc3ccccc3CC2)cc1O. The van der Waals surface area contributed by atoms with E-state index in [9.17, 15) is 9.90 Å². The van der Waals surface area contributed by atoms with Crippen molar-refractivity contribution < 1.29 is 9.90 Å². The second-order valence-corrected chi connectivity index (χ2v) is 5.56. The molecule has 3 rings (SSSR count). The minimum absolute atomic E-state index is 0.00175. The Labute approximate surface area is 124 Å². The van der Waals surface area contributed by atoms with Gasteiger partial charge in [0.1, 0.15) is 5.75 Å². The molecule has 1 heterocycles. The molecule has 1 aliphatic rings. The molecule has 0 bridgehead atoms. The summed E-state index contributed by atoms with van der Waals surface area (Å²) in [5, 5.41) is 9.77. The minimum atomic E-state index is -0.00175. The van der Waals surface area contributed by atoms with E-state index in [0.29, 0.717) is 5.56 Å². The molecule has 0 radical (unpaired) electrons. The molecule has 1 aliphatic heterocycles. The number of phenolic OH excluding ortho intramolecular Hbond substituents is 1. The molecule has 2 aromatic rings. The Bertz CT molecular complexity index is 652. The number of carbonyl (C=O) groups is 1. The second-order valence-electron chi connectivity index (χ2n) is 5.56. The minimum Gasteiger partial charge on any atom is -0.508 e. The number of hydrogen-bond acceptors (Lipinski definition) is 2. The van der Waals surface area contributed by atoms with Crippen LogP contribution in [0.5, 0.6) is 5.75 Å². The number of amides is 1. The lowest BCUT2D eigenvalue weighted by Crippen LogP contribution is -2.33. The van der Waals surface area contributed by atoms with Gasteiger partial charge in [0.2, 0.25) is 0 Å². The number of fused-ring (bicyclic) bond motifs is 1. The van der Waals surface area contributed by atoms with Crippen LogP contribution in [0.15, 0.2) is 42.5 Å². The lowest BCUT2D eigenvalue weighted by atomic mass is 10.0. The van der Waals surface area contributed by atoms with Gasteiger partial charge in [0.15, 0.2) is 0 Å². The molecule has 3 nitrogen and oxygen atoms in total. The molecule has 0 spiro atoms. The van der Waals surface area contributed by atoms with E-state index in [2.05, 4.69) is 12.1 Å². The molecule has 108 valence electrons. The lowest BCUT2D eigenvalue weighted by molar-refractivity contribution is 0.0762. The predicted molar refractivity (Wildman–Crippen MR) is 82.6 cm³/mol. The van der Waals surface area contributed by atoms with Crippen LogP contribution in [-0.2, 0) is 12.8 Å². The molecular weight excluding hydrogens is 262 g/mol. The van der Waals surface area contributed by atoms with Crippen LogP contribution in [0.1, 0.15) is 27.0 Å². The van der Waals surface area contributed by atoms with Crippen LogP contribution in [-0.4, -0.2) is 29.0 Å². The van der Waals surface area contributed by atoms with Crippen molar-refractivity contribution in [2.24, 2.45) is 0 Å². The van der Waals surface area contributed by atoms with E-state index in [-0.39, 0.29) is 11.7 Å². The third-order valence-corrected chi connectivity index (χ3v) is 4.16. The van der Waals surface area contributed by atoms with E-state index in [4.69, 9.17) is 0 Å². The van der Waals surface area contributed by atoms with Gasteiger partial charge in [0, 0.05) is 18.7 Å². The molecule has 0 fully saturated rings. The summed E-state index contributed by atoms with van der Waals surface area (Å²) < 4.78 is 0. The number of aromatic hydroxyl groups is 1. The number of carbonyl (C=O) groups excluding carboxylic acids is 1. The molecule has 21 heavy (non-hydrogen) atoms. The van der Waals surface area contributed by atoms with Crippen LogP contribution in [0.4, 0.5) is 0 Å². The van der Waals surface area contributed by atoms with Crippen molar-refractivity contribution in [3.8, 4) is 5.75 Å². The molecule has 0 atom stereocenters. The molecular formula is C18H19NO2. The van der Waals surface area contributed by atoms with Crippen LogP contribution < -0.4 is 0 Å². The zero-order chi connectivity index (χ0) is 14.8. The maximum Gasteiger partial charge on any atom is 0.254 e. The highest BCUT2D eigenvalue weighted by Crippen LogP contribution is 2.21. The van der Waals surface area contributed by atoms with Gasteiger partial charge < -0.3 is 10.0 Å². The zero-order valence-corrected chi connectivity index (χ0v) is 12.2. The fourth-order valence-electron chi connectivity index (χ4n) is 2.80. The van der Waals surface area contributed by atoms with Gasteiger partial charge in [-0.1, -0.05) is 30.3 Å². The van der Waals surface area contributed by atoms with Crippen molar-refractivity contribution in [1.82, 2.24) is 4.90 Å². The first-order valence-corrected chi connectivity index (χ1v) is 7.31. The number of benzene rings is 2. The van der Waals surface area contributed by atoms with Crippen LogP contribution in [0.25, 0.3) is 0 Å². The highest BCUT2D eigenvalue weighted by atomic mass is 16.3. The maximum absolute atomic E-state index is 12.6. The summed E-state index contributed by atoms with van der Waals surface area (Å²) in [7, 11) is 0. The fourth-order valence-corrected chi connectivity index (χ4v) is 2.80. The van der Waals surface area contributed by atoms with Crippen LogP contribution in [0, 0.1) is 6.92 Å². The smallest absolute Gasteiger partial charge is 0.254 e. The Kier molecular flexibility index (Phi) is 3.65. The summed E-state index contributed by atoms with van der Waals surface area (Å²) >= 11 is 0. The quantitative estimate of drug-likeness (QED) is 0.873. The predicted octanol–water partition coefficient (Wildman–Crippen LogP) is 2.94. The summed E-state index contributed by atoms with van der Waals surface area (Å²) in [5.74, 6) is 0.178. The van der Waals surface area contributed by atoms with E-state index in [1.165, 1.54) is 11.1 Å². The van der Waals surface area contributed by atoms with Gasteiger partial charge in [-0.05, 0) is 48.6 Å². The molecule has 0 aliphatic carbocycles. The summed E-state index contributed by atoms with van der Waals surface area (Å²) in [6.07, 6.45) is 1.78. The first-order valence-electron chi connectivity index (χ1n) is 7.31. The number of nitrogens with zero attached hydrogens (tertiary/aromatic N) is 1. The molecule has 1 amide bonds. The third-order valence-electron chi connectivity index (χ3n) is 4.16. The van der Waals surface area contributed by atoms with Gasteiger partial charge in [0.05, 0.1) is 0 Å². The molecule has 0 unspecified atom stereocenters. The van der Waals surface area contributed by atoms with Gasteiger partial charge in [-0.15, -0.1) is 0 Å². The fraction of sp³-hybridized carbons (Fsp3) is 0.278. The Morgan fingerprint density at radius 1 is 1.05 bits per heavy atom. The number of aryl methyl sites for hydroxylation is 1. The summed E-state index contributed by atoms with van der Waals surface area (Å²) in [4.78, 5) is 14.5. The molecule has 2 aromatic carbocycles. The van der Waals surface area contributed by atoms with E-state index in [1.54, 1.807) is 18.2 Å². The molecule has 3 heteroatoms. The standard InChI is InChI=1S/C18H19NO2/c1-13-6-7-16(12-17(13)20)18(21)19-10-8-14-4-2-3-5-15(14)9-11-19/h2-7,12,20H,8-11H2,1H3. The molecule has 0 saturated heterocycles. The number of rotatable bonds is 1. The molecule has 0 saturated carbocycles. The van der Waals surface area contributed by atoms with Gasteiger partial charge in [0.25, 0.3) is 5.91 Å². The van der Waals surface area contributed by atoms with Crippen molar-refractivity contribution in [3.63, 3.8) is 0 Å². The van der Waals surface area contributed by atoms with Gasteiger partial charge >= 0.3 is 0 Å². The summed E-state index contributed by atoms with van der Waals surface area (Å²) in [5.41, 5.74) is 4.01. The Balaban J connectivity index is 1.79. The maximum atomic E-state index is 12.6. The summed E-state index contributed by atoms with van der Waals surface area (Å²) in [6, 6.07) is 13.5. The van der Waals surface area contributed by atoms with E-state index in [0.717, 1.165) is 31.5 Å². The first kappa shape index (κ1) is 13.7. The zero-order valence-electron chi connectivity index (χ0n) is 12.2. The van der Waals surface area contributed by atoms with E-state index < -0.39 is 0 Å². The monoisotopic (exact) mass is 281 g/mol. The normalized spacial score (nSPS) is 14.4. The van der Waals surface area contributed by atoms with Crippen molar-refractivity contribution >= 4 is 5.91 Å². The largest absolute Gasteiger partial charge is 0.508 e. The number of phenols is 1. The van der Waals surface area contributed by atoms with Crippen LogP contribution in [0.3, 0.4) is 0 Å². The summed E-state index contributed by atoms with van der Waals surface area (Å²) in [6.45, 7) is 3.28. The molecule has 1 N–H and O–H groups in total. The Morgan fingerprint density at radius 2 is 1.67 bits per heavy atom. The Morgan fingerprint density at radius 3 is 2.24 bits per heavy atom. The third kappa shape index (κ3) is 2.77. The average Bonchev–Trinajstić information content (AvgIpc) is 2.72. The van der Waals surface area contributed by atoms with Crippen molar-refractivity contribution in [2.75, 3.05) is 13.1 Å². The van der Waals surface area contributed by atoms with Crippen molar-refractivity contribution in [1.29, 1.82) is 0 Å². The lowest BCUT2D eigenvalue weighted by Gasteiger charge is -2.20. The van der Waals surface area contributed by atoms with E-state index >= 15 is 0 Å². The van der Waals surface area contributed by atoms with Gasteiger partial charge in [-0.3, -0.25) is 4.79 Å². The van der Waals surface area contributed by atoms with Crippen LogP contribution in [0.2, 0.25) is 0 Å². The van der Waals surface area contributed by atoms with Crippen molar-refractivity contribution in [2.45, 2.75) is 19.8 Å². The number of hydrogen-bond donors (Lipinski definition) is 1. The van der Waals surface area contributed by atoms with Gasteiger partial charge in [-0.2, -0.15) is 0 Å². The van der Waals surface area contributed by atoms with E-state index in [1.807, 2.05) is 24.0 Å². The highest BCUT2D eigenvalue weighted by Gasteiger charge is 2.20.